The number of benzene rings is 2. The topological polar surface area (TPSA) is 78.5 Å². The van der Waals surface area contributed by atoms with Gasteiger partial charge in [-0.2, -0.15) is 0 Å². The summed E-state index contributed by atoms with van der Waals surface area (Å²) >= 11 is 0. The van der Waals surface area contributed by atoms with Gasteiger partial charge in [0.05, 0.1) is 16.5 Å². The number of carbonyl (C=O) groups excluding carboxylic acids is 1. The number of halogens is 1. The molecular weight excluding hydrogens is 363 g/mol. The van der Waals surface area contributed by atoms with Crippen LogP contribution in [0.5, 0.6) is 0 Å². The standard InChI is InChI=1S/C20H17FN4O3/c1-11-4-7-16-15(8-11)18(26)24(3)20-23-22-17(25(16)20)10-28-19(27)14-9-13(21)6-5-12(14)2/h4-9H,10H2,1-3H3. The summed E-state index contributed by atoms with van der Waals surface area (Å²) in [6.07, 6.45) is 0. The van der Waals surface area contributed by atoms with E-state index in [0.29, 0.717) is 28.1 Å². The molecule has 2 aromatic heterocycles. The first-order valence-electron chi connectivity index (χ1n) is 8.63. The summed E-state index contributed by atoms with van der Waals surface area (Å²) in [5, 5.41) is 8.65. The Morgan fingerprint density at radius 3 is 2.71 bits per heavy atom. The monoisotopic (exact) mass is 380 g/mol. The third kappa shape index (κ3) is 2.83. The zero-order valence-electron chi connectivity index (χ0n) is 15.6. The van der Waals surface area contributed by atoms with Crippen LogP contribution in [-0.4, -0.2) is 25.1 Å². The van der Waals surface area contributed by atoms with Crippen molar-refractivity contribution in [2.45, 2.75) is 20.5 Å². The normalized spacial score (nSPS) is 11.3. The van der Waals surface area contributed by atoms with Crippen LogP contribution in [-0.2, 0) is 18.4 Å². The summed E-state index contributed by atoms with van der Waals surface area (Å²) in [4.78, 5) is 25.0. The molecule has 0 unspecified atom stereocenters. The first-order chi connectivity index (χ1) is 13.4. The largest absolute Gasteiger partial charge is 0.454 e. The molecule has 7 nitrogen and oxygen atoms in total. The number of carbonyl (C=O) groups is 1. The van der Waals surface area contributed by atoms with Crippen LogP contribution in [0.1, 0.15) is 27.3 Å². The van der Waals surface area contributed by atoms with Gasteiger partial charge >= 0.3 is 5.97 Å². The van der Waals surface area contributed by atoms with Gasteiger partial charge in [0.1, 0.15) is 5.82 Å². The third-order valence-electron chi connectivity index (χ3n) is 4.69. The number of aryl methyl sites for hydroxylation is 3. The van der Waals surface area contributed by atoms with Gasteiger partial charge in [0.2, 0.25) is 5.78 Å². The fraction of sp³-hybridized carbons (Fsp3) is 0.200. The predicted octanol–water partition coefficient (Wildman–Crippen LogP) is 2.69. The van der Waals surface area contributed by atoms with E-state index in [1.165, 1.54) is 16.7 Å². The Hall–Kier alpha value is -3.55. The van der Waals surface area contributed by atoms with Gasteiger partial charge in [-0.15, -0.1) is 10.2 Å². The van der Waals surface area contributed by atoms with Crippen molar-refractivity contribution < 1.29 is 13.9 Å². The van der Waals surface area contributed by atoms with Crippen molar-refractivity contribution in [2.75, 3.05) is 0 Å². The molecule has 0 aliphatic rings. The SMILES string of the molecule is Cc1ccc2c(c1)c(=O)n(C)c1nnc(COC(=O)c3cc(F)ccc3C)n21. The molecule has 0 radical (unpaired) electrons. The van der Waals surface area contributed by atoms with Gasteiger partial charge < -0.3 is 4.74 Å². The quantitative estimate of drug-likeness (QED) is 0.511. The van der Waals surface area contributed by atoms with Gasteiger partial charge in [-0.05, 0) is 43.7 Å². The van der Waals surface area contributed by atoms with Crippen LogP contribution in [0.4, 0.5) is 4.39 Å². The van der Waals surface area contributed by atoms with Gasteiger partial charge in [0.25, 0.3) is 5.56 Å². The molecule has 2 aromatic carbocycles. The van der Waals surface area contributed by atoms with E-state index >= 15 is 0 Å². The maximum absolute atomic E-state index is 13.5. The van der Waals surface area contributed by atoms with E-state index in [4.69, 9.17) is 4.74 Å². The second-order valence-corrected chi connectivity index (χ2v) is 6.67. The molecule has 8 heteroatoms. The van der Waals surface area contributed by atoms with Crippen LogP contribution in [0.25, 0.3) is 16.7 Å². The van der Waals surface area contributed by atoms with E-state index < -0.39 is 11.8 Å². The Balaban J connectivity index is 1.76. The number of nitrogens with zero attached hydrogens (tertiary/aromatic N) is 4. The molecule has 0 aliphatic heterocycles. The number of aromatic nitrogens is 4. The maximum Gasteiger partial charge on any atom is 0.338 e. The highest BCUT2D eigenvalue weighted by Gasteiger charge is 2.17. The van der Waals surface area contributed by atoms with Gasteiger partial charge in [0, 0.05) is 7.05 Å². The number of esters is 1. The first-order valence-corrected chi connectivity index (χ1v) is 8.63. The fourth-order valence-corrected chi connectivity index (χ4v) is 3.17. The molecule has 4 rings (SSSR count). The number of rotatable bonds is 3. The molecule has 0 fully saturated rings. The third-order valence-corrected chi connectivity index (χ3v) is 4.69. The van der Waals surface area contributed by atoms with Crippen molar-refractivity contribution in [1.82, 2.24) is 19.2 Å². The summed E-state index contributed by atoms with van der Waals surface area (Å²) in [5.41, 5.74) is 2.16. The highest BCUT2D eigenvalue weighted by molar-refractivity contribution is 5.91. The van der Waals surface area contributed by atoms with Crippen molar-refractivity contribution in [2.24, 2.45) is 7.05 Å². The number of hydrogen-bond acceptors (Lipinski definition) is 5. The Morgan fingerprint density at radius 1 is 1.14 bits per heavy atom. The summed E-state index contributed by atoms with van der Waals surface area (Å²) in [6, 6.07) is 9.43. The Bertz CT molecular complexity index is 1310. The minimum Gasteiger partial charge on any atom is -0.454 e. The van der Waals surface area contributed by atoms with Crippen molar-refractivity contribution in [3.05, 3.63) is 75.1 Å². The highest BCUT2D eigenvalue weighted by atomic mass is 19.1. The lowest BCUT2D eigenvalue weighted by molar-refractivity contribution is 0.0460. The number of fused-ring (bicyclic) bond motifs is 3. The Morgan fingerprint density at radius 2 is 1.93 bits per heavy atom. The highest BCUT2D eigenvalue weighted by Crippen LogP contribution is 2.17. The van der Waals surface area contributed by atoms with Gasteiger partial charge in [-0.1, -0.05) is 17.7 Å². The first kappa shape index (κ1) is 17.8. The summed E-state index contributed by atoms with van der Waals surface area (Å²) in [7, 11) is 1.61. The predicted molar refractivity (Wildman–Crippen MR) is 101 cm³/mol. The van der Waals surface area contributed by atoms with Gasteiger partial charge in [-0.3, -0.25) is 13.8 Å². The van der Waals surface area contributed by atoms with Crippen LogP contribution in [0.3, 0.4) is 0 Å². The lowest BCUT2D eigenvalue weighted by Crippen LogP contribution is -2.20. The van der Waals surface area contributed by atoms with Crippen LogP contribution in [0, 0.1) is 19.7 Å². The number of ether oxygens (including phenoxy) is 1. The molecular formula is C20H17FN4O3. The minimum atomic E-state index is -0.654. The molecule has 0 atom stereocenters. The molecule has 0 bridgehead atoms. The average molecular weight is 380 g/mol. The summed E-state index contributed by atoms with van der Waals surface area (Å²) in [6.45, 7) is 3.44. The van der Waals surface area contributed by atoms with Crippen LogP contribution in [0.15, 0.2) is 41.2 Å². The van der Waals surface area contributed by atoms with Crippen molar-refractivity contribution in [3.63, 3.8) is 0 Å². The van der Waals surface area contributed by atoms with Gasteiger partial charge in [-0.25, -0.2) is 9.18 Å². The Labute approximate surface area is 159 Å². The molecule has 0 spiro atoms. The van der Waals surface area contributed by atoms with Crippen LogP contribution >= 0.6 is 0 Å². The van der Waals surface area contributed by atoms with Crippen molar-refractivity contribution in [1.29, 1.82) is 0 Å². The maximum atomic E-state index is 13.5. The van der Waals surface area contributed by atoms with Crippen molar-refractivity contribution >= 4 is 22.6 Å². The zero-order valence-corrected chi connectivity index (χ0v) is 15.6. The lowest BCUT2D eigenvalue weighted by Gasteiger charge is -2.09. The molecule has 2 heterocycles. The van der Waals surface area contributed by atoms with E-state index in [-0.39, 0.29) is 17.7 Å². The number of hydrogen-bond donors (Lipinski definition) is 0. The average Bonchev–Trinajstić information content (AvgIpc) is 3.10. The molecule has 28 heavy (non-hydrogen) atoms. The smallest absolute Gasteiger partial charge is 0.338 e. The second kappa shape index (κ2) is 6.56. The molecule has 142 valence electrons. The molecule has 0 aliphatic carbocycles. The molecule has 4 aromatic rings. The molecule has 0 amide bonds. The van der Waals surface area contributed by atoms with E-state index in [2.05, 4.69) is 10.2 Å². The Kier molecular flexibility index (Phi) is 4.18. The second-order valence-electron chi connectivity index (χ2n) is 6.67. The van der Waals surface area contributed by atoms with E-state index in [1.807, 2.05) is 19.1 Å². The molecule has 0 saturated heterocycles. The van der Waals surface area contributed by atoms with Crippen molar-refractivity contribution in [3.8, 4) is 0 Å². The lowest BCUT2D eigenvalue weighted by atomic mass is 10.1. The van der Waals surface area contributed by atoms with Crippen LogP contribution in [0.2, 0.25) is 0 Å². The van der Waals surface area contributed by atoms with E-state index in [0.717, 1.165) is 11.6 Å². The van der Waals surface area contributed by atoms with E-state index in [1.54, 1.807) is 24.4 Å². The summed E-state index contributed by atoms with van der Waals surface area (Å²) in [5.74, 6) is -0.461. The fourth-order valence-electron chi connectivity index (χ4n) is 3.17. The van der Waals surface area contributed by atoms with E-state index in [9.17, 15) is 14.0 Å². The zero-order chi connectivity index (χ0) is 20.0. The van der Waals surface area contributed by atoms with Crippen LogP contribution < -0.4 is 5.56 Å². The molecule has 0 N–H and O–H groups in total. The molecule has 0 saturated carbocycles. The van der Waals surface area contributed by atoms with Gasteiger partial charge in [0.15, 0.2) is 12.4 Å². The minimum absolute atomic E-state index is 0.154. The summed E-state index contributed by atoms with van der Waals surface area (Å²) < 4.78 is 21.9.